The van der Waals surface area contributed by atoms with Crippen LogP contribution in [-0.2, 0) is 0 Å². The van der Waals surface area contributed by atoms with Crippen molar-refractivity contribution >= 4 is 11.6 Å². The van der Waals surface area contributed by atoms with Gasteiger partial charge in [0.15, 0.2) is 5.82 Å². The Labute approximate surface area is 170 Å². The van der Waals surface area contributed by atoms with E-state index in [1.165, 1.54) is 0 Å². The van der Waals surface area contributed by atoms with Crippen LogP contribution in [0.3, 0.4) is 0 Å². The third kappa shape index (κ3) is 3.91. The van der Waals surface area contributed by atoms with Crippen LogP contribution in [0.1, 0.15) is 38.4 Å². The van der Waals surface area contributed by atoms with Gasteiger partial charge in [0.2, 0.25) is 5.95 Å². The van der Waals surface area contributed by atoms with Gasteiger partial charge in [0.25, 0.3) is 0 Å². The van der Waals surface area contributed by atoms with Crippen LogP contribution in [0.2, 0.25) is 0 Å². The summed E-state index contributed by atoms with van der Waals surface area (Å²) in [5, 5.41) is 9.79. The van der Waals surface area contributed by atoms with E-state index in [4.69, 9.17) is 4.98 Å². The van der Waals surface area contributed by atoms with Gasteiger partial charge in [-0.1, -0.05) is 0 Å². The molecule has 1 fully saturated rings. The molecule has 0 unspecified atom stereocenters. The molecule has 0 spiro atoms. The fourth-order valence-corrected chi connectivity index (χ4v) is 3.84. The number of aromatic nitrogens is 6. The maximum Gasteiger partial charge on any atom is 0.236 e. The van der Waals surface area contributed by atoms with Crippen molar-refractivity contribution in [1.29, 1.82) is 0 Å². The summed E-state index contributed by atoms with van der Waals surface area (Å²) in [6, 6.07) is 4.28. The lowest BCUT2D eigenvalue weighted by atomic mass is 10.1. The molecule has 3 aromatic rings. The molecule has 0 aliphatic carbocycles. The highest BCUT2D eigenvalue weighted by Gasteiger charge is 2.31. The van der Waals surface area contributed by atoms with E-state index in [0.717, 1.165) is 30.4 Å². The summed E-state index contributed by atoms with van der Waals surface area (Å²) in [6.45, 7) is 9.58. The van der Waals surface area contributed by atoms with Gasteiger partial charge in [-0.25, -0.2) is 19.9 Å². The van der Waals surface area contributed by atoms with Crippen LogP contribution < -0.4 is 9.80 Å². The van der Waals surface area contributed by atoms with E-state index in [0.29, 0.717) is 11.8 Å². The molecular weight excluding hydrogens is 368 g/mol. The van der Waals surface area contributed by atoms with Crippen molar-refractivity contribution in [2.75, 3.05) is 22.9 Å². The van der Waals surface area contributed by atoms with Crippen LogP contribution in [-0.4, -0.2) is 59.8 Å². The van der Waals surface area contributed by atoms with Crippen molar-refractivity contribution in [2.24, 2.45) is 0 Å². The van der Waals surface area contributed by atoms with E-state index in [-0.39, 0.29) is 12.1 Å². The van der Waals surface area contributed by atoms with Gasteiger partial charge in [-0.2, -0.15) is 4.98 Å². The van der Waals surface area contributed by atoms with Gasteiger partial charge in [-0.15, -0.1) is 0 Å². The second-order valence-corrected chi connectivity index (χ2v) is 7.60. The molecule has 0 radical (unpaired) electrons. The minimum atomic E-state index is -0.683. The summed E-state index contributed by atoms with van der Waals surface area (Å²) in [5.74, 6) is 2.79. The van der Waals surface area contributed by atoms with E-state index in [9.17, 15) is 5.11 Å². The van der Waals surface area contributed by atoms with E-state index < -0.39 is 6.10 Å². The van der Waals surface area contributed by atoms with Gasteiger partial charge < -0.3 is 14.9 Å². The van der Waals surface area contributed by atoms with Crippen molar-refractivity contribution < 1.29 is 5.11 Å². The van der Waals surface area contributed by atoms with Crippen molar-refractivity contribution in [3.05, 3.63) is 48.6 Å². The SMILES string of the molecule is Cc1cn(-c2nccc(N3[C@H](C)CN(c4ccnc([C@@H](C)O)n4)C[C@@H]3C)n2)cn1. The summed E-state index contributed by atoms with van der Waals surface area (Å²) in [5.41, 5.74) is 0.927. The molecule has 4 heterocycles. The molecule has 3 aromatic heterocycles. The fraction of sp³-hybridized carbons (Fsp3) is 0.450. The molecule has 3 atom stereocenters. The molecule has 1 saturated heterocycles. The Balaban J connectivity index is 1.56. The molecule has 9 heteroatoms. The van der Waals surface area contributed by atoms with E-state index >= 15 is 0 Å². The summed E-state index contributed by atoms with van der Waals surface area (Å²) >= 11 is 0. The lowest BCUT2D eigenvalue weighted by Gasteiger charge is -2.45. The molecule has 9 nitrogen and oxygen atoms in total. The lowest BCUT2D eigenvalue weighted by Crippen LogP contribution is -2.57. The van der Waals surface area contributed by atoms with Crippen LogP contribution in [0, 0.1) is 6.92 Å². The highest BCUT2D eigenvalue weighted by Crippen LogP contribution is 2.26. The number of aryl methyl sites for hydroxylation is 1. The summed E-state index contributed by atoms with van der Waals surface area (Å²) in [6.07, 6.45) is 6.46. The summed E-state index contributed by atoms with van der Waals surface area (Å²) < 4.78 is 1.84. The van der Waals surface area contributed by atoms with Crippen LogP contribution in [0.4, 0.5) is 11.6 Å². The minimum absolute atomic E-state index is 0.219. The average molecular weight is 394 g/mol. The number of aliphatic hydroxyl groups is 1. The first-order valence-corrected chi connectivity index (χ1v) is 9.80. The van der Waals surface area contributed by atoms with Gasteiger partial charge in [-0.05, 0) is 39.8 Å². The van der Waals surface area contributed by atoms with E-state index in [1.54, 1.807) is 25.6 Å². The largest absolute Gasteiger partial charge is 0.385 e. The Hall–Kier alpha value is -3.07. The first-order chi connectivity index (χ1) is 13.9. The Morgan fingerprint density at radius 1 is 1.00 bits per heavy atom. The predicted molar refractivity (Wildman–Crippen MR) is 110 cm³/mol. The molecule has 0 saturated carbocycles. The molecule has 1 aliphatic heterocycles. The average Bonchev–Trinajstić information content (AvgIpc) is 3.14. The number of piperazine rings is 1. The molecule has 4 rings (SSSR count). The van der Waals surface area contributed by atoms with Crippen LogP contribution >= 0.6 is 0 Å². The van der Waals surface area contributed by atoms with Crippen molar-refractivity contribution in [2.45, 2.75) is 45.9 Å². The number of hydrogen-bond donors (Lipinski definition) is 1. The number of nitrogens with zero attached hydrogens (tertiary/aromatic N) is 8. The molecule has 0 bridgehead atoms. The third-order valence-corrected chi connectivity index (χ3v) is 5.11. The van der Waals surface area contributed by atoms with E-state index in [1.807, 2.05) is 29.8 Å². The molecule has 0 amide bonds. The zero-order valence-corrected chi connectivity index (χ0v) is 17.1. The second kappa shape index (κ2) is 7.75. The quantitative estimate of drug-likeness (QED) is 0.717. The van der Waals surface area contributed by atoms with Crippen molar-refractivity contribution in [1.82, 2.24) is 29.5 Å². The first-order valence-electron chi connectivity index (χ1n) is 9.80. The maximum atomic E-state index is 9.79. The molecule has 1 N–H and O–H groups in total. The monoisotopic (exact) mass is 394 g/mol. The Kier molecular flexibility index (Phi) is 5.14. The number of hydrogen-bond acceptors (Lipinski definition) is 8. The zero-order valence-electron chi connectivity index (χ0n) is 17.1. The molecular formula is C20H26N8O. The fourth-order valence-electron chi connectivity index (χ4n) is 3.84. The number of rotatable bonds is 4. The first kappa shape index (κ1) is 19.3. The van der Waals surface area contributed by atoms with Crippen molar-refractivity contribution in [3.8, 4) is 5.95 Å². The van der Waals surface area contributed by atoms with Gasteiger partial charge in [0, 0.05) is 43.8 Å². The van der Waals surface area contributed by atoms with Gasteiger partial charge in [0.1, 0.15) is 24.1 Å². The minimum Gasteiger partial charge on any atom is -0.385 e. The molecule has 152 valence electrons. The smallest absolute Gasteiger partial charge is 0.236 e. The van der Waals surface area contributed by atoms with Crippen molar-refractivity contribution in [3.63, 3.8) is 0 Å². The standard InChI is InChI=1S/C20H26N8O/c1-13-9-27(12-23-13)20-22-8-6-18(25-20)28-14(2)10-26(11-15(28)3)17-5-7-21-19(24-17)16(4)29/h5-9,12,14-16,29H,10-11H2,1-4H3/t14-,15+,16-/m1/s1. The van der Waals surface area contributed by atoms with Gasteiger partial charge in [-0.3, -0.25) is 4.57 Å². The Morgan fingerprint density at radius 3 is 2.34 bits per heavy atom. The summed E-state index contributed by atoms with van der Waals surface area (Å²) in [7, 11) is 0. The summed E-state index contributed by atoms with van der Waals surface area (Å²) in [4.78, 5) is 26.7. The number of imidazole rings is 1. The highest BCUT2D eigenvalue weighted by atomic mass is 16.3. The second-order valence-electron chi connectivity index (χ2n) is 7.60. The number of anilines is 2. The number of aliphatic hydroxyl groups excluding tert-OH is 1. The van der Waals surface area contributed by atoms with Gasteiger partial charge in [0.05, 0.1) is 5.69 Å². The Bertz CT molecular complexity index is 976. The normalized spacial score (nSPS) is 20.7. The molecule has 1 aliphatic rings. The van der Waals surface area contributed by atoms with Crippen LogP contribution in [0.15, 0.2) is 37.1 Å². The zero-order chi connectivity index (χ0) is 20.5. The maximum absolute atomic E-state index is 9.79. The highest BCUT2D eigenvalue weighted by molar-refractivity contribution is 5.48. The molecule has 0 aromatic carbocycles. The Morgan fingerprint density at radius 2 is 1.69 bits per heavy atom. The van der Waals surface area contributed by atoms with Crippen LogP contribution in [0.5, 0.6) is 0 Å². The third-order valence-electron chi connectivity index (χ3n) is 5.11. The predicted octanol–water partition coefficient (Wildman–Crippen LogP) is 1.92. The van der Waals surface area contributed by atoms with Crippen LogP contribution in [0.25, 0.3) is 5.95 Å². The van der Waals surface area contributed by atoms with Gasteiger partial charge >= 0.3 is 0 Å². The topological polar surface area (TPSA) is 96.1 Å². The van der Waals surface area contributed by atoms with E-state index in [2.05, 4.69) is 43.6 Å². The molecule has 29 heavy (non-hydrogen) atoms. The lowest BCUT2D eigenvalue weighted by molar-refractivity contribution is 0.189.